The van der Waals surface area contributed by atoms with Crippen molar-refractivity contribution in [3.8, 4) is 0 Å². The fraction of sp³-hybridized carbons (Fsp3) is 0.647. The fourth-order valence-corrected chi connectivity index (χ4v) is 2.37. The third-order valence-corrected chi connectivity index (χ3v) is 3.24. The van der Waals surface area contributed by atoms with Crippen LogP contribution in [0.5, 0.6) is 0 Å². The highest BCUT2D eigenvalue weighted by molar-refractivity contribution is 5.19. The molecule has 0 fully saturated rings. The van der Waals surface area contributed by atoms with Crippen LogP contribution in [-0.4, -0.2) is 12.1 Å². The minimum absolute atomic E-state index is 0.0374. The molecule has 0 amide bonds. The van der Waals surface area contributed by atoms with Gasteiger partial charge in [0.05, 0.1) is 0 Å². The Hall–Kier alpha value is -0.960. The summed E-state index contributed by atoms with van der Waals surface area (Å²) >= 11 is 0. The first-order valence-corrected chi connectivity index (χ1v) is 7.36. The van der Waals surface area contributed by atoms with Crippen molar-refractivity contribution >= 4 is 0 Å². The van der Waals surface area contributed by atoms with E-state index in [2.05, 4.69) is 39.9 Å². The van der Waals surface area contributed by atoms with Crippen LogP contribution in [0.4, 0.5) is 8.78 Å². The van der Waals surface area contributed by atoms with Crippen molar-refractivity contribution in [3.05, 3.63) is 35.4 Å². The molecule has 0 bridgehead atoms. The zero-order valence-corrected chi connectivity index (χ0v) is 13.3. The van der Waals surface area contributed by atoms with Crippen molar-refractivity contribution in [3.63, 3.8) is 0 Å². The van der Waals surface area contributed by atoms with Gasteiger partial charge in [0, 0.05) is 5.54 Å². The smallest absolute Gasteiger partial charge is 0.126 e. The lowest BCUT2D eigenvalue weighted by Gasteiger charge is -2.26. The lowest BCUT2D eigenvalue weighted by molar-refractivity contribution is 0.329. The Kier molecular flexibility index (Phi) is 6.12. The van der Waals surface area contributed by atoms with Crippen molar-refractivity contribution in [2.75, 3.05) is 6.54 Å². The van der Waals surface area contributed by atoms with Crippen molar-refractivity contribution < 1.29 is 8.78 Å². The van der Waals surface area contributed by atoms with Crippen LogP contribution in [0, 0.1) is 23.5 Å². The fourth-order valence-electron chi connectivity index (χ4n) is 2.37. The standard InChI is InChI=1S/C17H27F2N/c1-12(2)8-13(11-20-17(3,4)5)9-14-10-15(18)6-7-16(14)19/h6-7,10,12-13,20H,8-9,11H2,1-5H3. The van der Waals surface area contributed by atoms with Crippen molar-refractivity contribution in [1.82, 2.24) is 5.32 Å². The molecule has 0 saturated carbocycles. The monoisotopic (exact) mass is 283 g/mol. The van der Waals surface area contributed by atoms with Crippen LogP contribution in [0.2, 0.25) is 0 Å². The van der Waals surface area contributed by atoms with Gasteiger partial charge in [0.25, 0.3) is 0 Å². The zero-order valence-electron chi connectivity index (χ0n) is 13.3. The van der Waals surface area contributed by atoms with Gasteiger partial charge >= 0.3 is 0 Å². The Morgan fingerprint density at radius 3 is 2.35 bits per heavy atom. The van der Waals surface area contributed by atoms with Gasteiger partial charge in [0.2, 0.25) is 0 Å². The Morgan fingerprint density at radius 1 is 1.15 bits per heavy atom. The molecule has 1 nitrogen and oxygen atoms in total. The maximum atomic E-state index is 13.8. The van der Waals surface area contributed by atoms with E-state index in [0.29, 0.717) is 23.8 Å². The summed E-state index contributed by atoms with van der Waals surface area (Å²) < 4.78 is 27.0. The number of halogens is 2. The number of benzene rings is 1. The largest absolute Gasteiger partial charge is 0.312 e. The summed E-state index contributed by atoms with van der Waals surface area (Å²) in [5.41, 5.74) is 0.516. The minimum Gasteiger partial charge on any atom is -0.312 e. The van der Waals surface area contributed by atoms with Crippen LogP contribution < -0.4 is 5.32 Å². The van der Waals surface area contributed by atoms with E-state index in [1.807, 2.05) is 0 Å². The predicted molar refractivity (Wildman–Crippen MR) is 80.8 cm³/mol. The van der Waals surface area contributed by atoms with E-state index >= 15 is 0 Å². The molecule has 114 valence electrons. The summed E-state index contributed by atoms with van der Waals surface area (Å²) in [6, 6.07) is 3.71. The third kappa shape index (κ3) is 6.47. The van der Waals surface area contributed by atoms with Crippen LogP contribution in [0.1, 0.15) is 46.6 Å². The predicted octanol–water partition coefficient (Wildman–Crippen LogP) is 4.56. The van der Waals surface area contributed by atoms with Crippen LogP contribution >= 0.6 is 0 Å². The van der Waals surface area contributed by atoms with Crippen LogP contribution in [0.25, 0.3) is 0 Å². The molecule has 1 rings (SSSR count). The summed E-state index contributed by atoms with van der Waals surface area (Å²) in [6.45, 7) is 11.5. The maximum Gasteiger partial charge on any atom is 0.126 e. The summed E-state index contributed by atoms with van der Waals surface area (Å²) in [6.07, 6.45) is 1.57. The van der Waals surface area contributed by atoms with Gasteiger partial charge in [0.15, 0.2) is 0 Å². The highest BCUT2D eigenvalue weighted by Crippen LogP contribution is 2.20. The molecule has 1 aromatic rings. The molecule has 1 aromatic carbocycles. The number of nitrogens with one attached hydrogen (secondary N) is 1. The normalized spacial score (nSPS) is 13.8. The molecule has 0 aliphatic rings. The van der Waals surface area contributed by atoms with Crippen LogP contribution in [0.15, 0.2) is 18.2 Å². The van der Waals surface area contributed by atoms with Gasteiger partial charge in [-0.15, -0.1) is 0 Å². The molecular weight excluding hydrogens is 256 g/mol. The summed E-state index contributed by atoms with van der Waals surface area (Å²) in [5.74, 6) is 0.174. The van der Waals surface area contributed by atoms with Gasteiger partial charge in [-0.2, -0.15) is 0 Å². The van der Waals surface area contributed by atoms with E-state index in [1.165, 1.54) is 18.2 Å². The molecule has 3 heteroatoms. The second kappa shape index (κ2) is 7.16. The summed E-state index contributed by atoms with van der Waals surface area (Å²) in [4.78, 5) is 0. The summed E-state index contributed by atoms with van der Waals surface area (Å²) in [7, 11) is 0. The van der Waals surface area contributed by atoms with Crippen LogP contribution in [0.3, 0.4) is 0 Å². The first-order chi connectivity index (χ1) is 9.17. The first kappa shape index (κ1) is 17.1. The number of hydrogen-bond acceptors (Lipinski definition) is 1. The molecule has 0 aliphatic heterocycles. The molecule has 0 saturated heterocycles. The molecule has 0 radical (unpaired) electrons. The molecule has 0 aromatic heterocycles. The Bertz CT molecular complexity index is 421. The molecule has 0 heterocycles. The van der Waals surface area contributed by atoms with Gasteiger partial charge in [-0.3, -0.25) is 0 Å². The van der Waals surface area contributed by atoms with E-state index in [0.717, 1.165) is 13.0 Å². The van der Waals surface area contributed by atoms with Gasteiger partial charge in [-0.25, -0.2) is 8.78 Å². The topological polar surface area (TPSA) is 12.0 Å². The molecule has 0 aliphatic carbocycles. The Labute approximate surface area is 121 Å². The second-order valence-electron chi connectivity index (χ2n) is 7.07. The molecule has 20 heavy (non-hydrogen) atoms. The lowest BCUT2D eigenvalue weighted by Crippen LogP contribution is -2.40. The van der Waals surface area contributed by atoms with Crippen molar-refractivity contribution in [2.45, 2.75) is 53.0 Å². The maximum absolute atomic E-state index is 13.8. The number of hydrogen-bond donors (Lipinski definition) is 1. The first-order valence-electron chi connectivity index (χ1n) is 7.36. The Balaban J connectivity index is 2.75. The highest BCUT2D eigenvalue weighted by Gasteiger charge is 2.17. The molecule has 1 atom stereocenters. The second-order valence-corrected chi connectivity index (χ2v) is 7.07. The third-order valence-electron chi connectivity index (χ3n) is 3.24. The molecule has 1 N–H and O–H groups in total. The van der Waals surface area contributed by atoms with E-state index < -0.39 is 0 Å². The summed E-state index contributed by atoms with van der Waals surface area (Å²) in [5, 5.41) is 3.47. The quantitative estimate of drug-likeness (QED) is 0.807. The minimum atomic E-state index is -0.367. The van der Waals surface area contributed by atoms with E-state index in [4.69, 9.17) is 0 Å². The van der Waals surface area contributed by atoms with Crippen LogP contribution in [-0.2, 0) is 6.42 Å². The van der Waals surface area contributed by atoms with Gasteiger partial charge < -0.3 is 5.32 Å². The highest BCUT2D eigenvalue weighted by atomic mass is 19.1. The van der Waals surface area contributed by atoms with E-state index in [1.54, 1.807) is 0 Å². The SMILES string of the molecule is CC(C)CC(CNC(C)(C)C)Cc1cc(F)ccc1F. The molecule has 1 unspecified atom stereocenters. The average molecular weight is 283 g/mol. The molecular formula is C17H27F2N. The zero-order chi connectivity index (χ0) is 15.3. The van der Waals surface area contributed by atoms with Gasteiger partial charge in [-0.05, 0) is 75.8 Å². The lowest BCUT2D eigenvalue weighted by atomic mass is 9.90. The van der Waals surface area contributed by atoms with Gasteiger partial charge in [0.1, 0.15) is 11.6 Å². The number of rotatable bonds is 6. The van der Waals surface area contributed by atoms with Crippen molar-refractivity contribution in [2.24, 2.45) is 11.8 Å². The Morgan fingerprint density at radius 2 is 1.80 bits per heavy atom. The average Bonchev–Trinajstić information content (AvgIpc) is 2.29. The van der Waals surface area contributed by atoms with Gasteiger partial charge in [-0.1, -0.05) is 13.8 Å². The van der Waals surface area contributed by atoms with Crippen molar-refractivity contribution in [1.29, 1.82) is 0 Å². The molecule has 0 spiro atoms. The van der Waals surface area contributed by atoms with E-state index in [9.17, 15) is 8.78 Å². The van der Waals surface area contributed by atoms with E-state index in [-0.39, 0.29) is 17.2 Å².